The Labute approximate surface area is 132 Å². The molecule has 114 valence electrons. The molecule has 2 aromatic rings. The molecule has 1 atom stereocenters. The van der Waals surface area contributed by atoms with Crippen LogP contribution in [0.2, 0.25) is 0 Å². The number of pyridine rings is 1. The second-order valence-electron chi connectivity index (χ2n) is 5.35. The molecule has 0 saturated heterocycles. The highest BCUT2D eigenvalue weighted by Crippen LogP contribution is 2.33. The van der Waals surface area contributed by atoms with E-state index in [1.54, 1.807) is 18.3 Å². The van der Waals surface area contributed by atoms with Crippen LogP contribution in [0.5, 0.6) is 0 Å². The molecule has 0 aliphatic heterocycles. The molecule has 5 nitrogen and oxygen atoms in total. The maximum Gasteiger partial charge on any atom is 0.337 e. The Morgan fingerprint density at radius 2 is 2.18 bits per heavy atom. The summed E-state index contributed by atoms with van der Waals surface area (Å²) in [5.74, 6) is -1.30. The SMILES string of the molecule is Cc1nc(C(=O)NC2CCCc3sccc32)ccc1C(=O)O. The van der Waals surface area contributed by atoms with Gasteiger partial charge in [-0.1, -0.05) is 0 Å². The Morgan fingerprint density at radius 1 is 1.36 bits per heavy atom. The van der Waals surface area contributed by atoms with Crippen molar-refractivity contribution >= 4 is 23.2 Å². The zero-order valence-corrected chi connectivity index (χ0v) is 12.9. The number of hydrogen-bond acceptors (Lipinski definition) is 4. The van der Waals surface area contributed by atoms with Crippen molar-refractivity contribution in [2.45, 2.75) is 32.2 Å². The average Bonchev–Trinajstić information content (AvgIpc) is 2.96. The van der Waals surface area contributed by atoms with Crippen LogP contribution in [0.15, 0.2) is 23.6 Å². The molecule has 2 heterocycles. The molecule has 3 rings (SSSR count). The van der Waals surface area contributed by atoms with Crippen LogP contribution in [-0.4, -0.2) is 22.0 Å². The van der Waals surface area contributed by atoms with Gasteiger partial charge in [-0.25, -0.2) is 9.78 Å². The van der Waals surface area contributed by atoms with E-state index in [0.29, 0.717) is 5.69 Å². The van der Waals surface area contributed by atoms with Crippen molar-refractivity contribution in [1.82, 2.24) is 10.3 Å². The molecule has 6 heteroatoms. The molecule has 0 bridgehead atoms. The first-order chi connectivity index (χ1) is 10.6. The van der Waals surface area contributed by atoms with Crippen LogP contribution in [0.3, 0.4) is 0 Å². The van der Waals surface area contributed by atoms with Gasteiger partial charge in [0.05, 0.1) is 17.3 Å². The fourth-order valence-corrected chi connectivity index (χ4v) is 3.77. The van der Waals surface area contributed by atoms with E-state index in [9.17, 15) is 9.59 Å². The summed E-state index contributed by atoms with van der Waals surface area (Å²) >= 11 is 1.73. The molecule has 1 aliphatic rings. The first-order valence-corrected chi connectivity index (χ1v) is 8.02. The van der Waals surface area contributed by atoms with E-state index in [2.05, 4.69) is 21.7 Å². The molecule has 2 aromatic heterocycles. The number of carboxylic acids is 1. The van der Waals surface area contributed by atoms with Gasteiger partial charge in [0.25, 0.3) is 5.91 Å². The number of thiophene rings is 1. The molecular weight excluding hydrogens is 300 g/mol. The number of hydrogen-bond donors (Lipinski definition) is 2. The third-order valence-corrected chi connectivity index (χ3v) is 4.90. The Balaban J connectivity index is 1.79. The smallest absolute Gasteiger partial charge is 0.337 e. The van der Waals surface area contributed by atoms with Gasteiger partial charge >= 0.3 is 5.97 Å². The number of rotatable bonds is 3. The number of nitrogens with zero attached hydrogens (tertiary/aromatic N) is 1. The summed E-state index contributed by atoms with van der Waals surface area (Å²) in [6.45, 7) is 1.60. The van der Waals surface area contributed by atoms with Gasteiger partial charge in [0.15, 0.2) is 0 Å². The lowest BCUT2D eigenvalue weighted by atomic mass is 9.94. The average molecular weight is 316 g/mol. The highest BCUT2D eigenvalue weighted by Gasteiger charge is 2.23. The minimum atomic E-state index is -1.04. The zero-order valence-electron chi connectivity index (χ0n) is 12.1. The molecule has 0 radical (unpaired) electrons. The van der Waals surface area contributed by atoms with Gasteiger partial charge in [-0.2, -0.15) is 0 Å². The van der Waals surface area contributed by atoms with Gasteiger partial charge in [0, 0.05) is 4.88 Å². The van der Waals surface area contributed by atoms with Crippen molar-refractivity contribution in [1.29, 1.82) is 0 Å². The first-order valence-electron chi connectivity index (χ1n) is 7.14. The van der Waals surface area contributed by atoms with E-state index in [4.69, 9.17) is 5.11 Å². The first kappa shape index (κ1) is 14.7. The molecule has 1 aliphatic carbocycles. The van der Waals surface area contributed by atoms with Crippen LogP contribution in [0, 0.1) is 6.92 Å². The Kier molecular flexibility index (Phi) is 3.94. The van der Waals surface area contributed by atoms with E-state index in [1.807, 2.05) is 0 Å². The molecule has 0 aromatic carbocycles. The fraction of sp³-hybridized carbons (Fsp3) is 0.312. The number of nitrogens with one attached hydrogen (secondary N) is 1. The molecule has 0 saturated carbocycles. The number of amides is 1. The van der Waals surface area contributed by atoms with Gasteiger partial charge in [-0.3, -0.25) is 4.79 Å². The zero-order chi connectivity index (χ0) is 15.7. The van der Waals surface area contributed by atoms with Crippen molar-refractivity contribution in [3.63, 3.8) is 0 Å². The fourth-order valence-electron chi connectivity index (χ4n) is 2.78. The lowest BCUT2D eigenvalue weighted by Gasteiger charge is -2.23. The quantitative estimate of drug-likeness (QED) is 0.912. The van der Waals surface area contributed by atoms with Gasteiger partial charge in [-0.05, 0) is 55.3 Å². The molecule has 1 unspecified atom stereocenters. The number of carbonyl (C=O) groups excluding carboxylic acids is 1. The molecule has 1 amide bonds. The van der Waals surface area contributed by atoms with Gasteiger partial charge in [0.1, 0.15) is 5.69 Å². The number of carboxylic acid groups (broad SMARTS) is 1. The van der Waals surface area contributed by atoms with Crippen LogP contribution >= 0.6 is 11.3 Å². The third-order valence-electron chi connectivity index (χ3n) is 3.91. The Morgan fingerprint density at radius 3 is 2.91 bits per heavy atom. The topological polar surface area (TPSA) is 79.3 Å². The molecule has 2 N–H and O–H groups in total. The highest BCUT2D eigenvalue weighted by molar-refractivity contribution is 7.10. The number of aromatic carboxylic acids is 1. The summed E-state index contributed by atoms with van der Waals surface area (Å²) in [5.41, 5.74) is 1.92. The van der Waals surface area contributed by atoms with Crippen LogP contribution in [-0.2, 0) is 6.42 Å². The highest BCUT2D eigenvalue weighted by atomic mass is 32.1. The van der Waals surface area contributed by atoms with Crippen LogP contribution in [0.1, 0.15) is 55.9 Å². The van der Waals surface area contributed by atoms with Gasteiger partial charge < -0.3 is 10.4 Å². The van der Waals surface area contributed by atoms with E-state index in [1.165, 1.54) is 22.6 Å². The number of aromatic nitrogens is 1. The lowest BCUT2D eigenvalue weighted by Crippen LogP contribution is -2.31. The molecule has 0 spiro atoms. The number of fused-ring (bicyclic) bond motifs is 1. The van der Waals surface area contributed by atoms with Gasteiger partial charge in [0.2, 0.25) is 0 Å². The van der Waals surface area contributed by atoms with Crippen LogP contribution in [0.4, 0.5) is 0 Å². The second-order valence-corrected chi connectivity index (χ2v) is 6.35. The third kappa shape index (κ3) is 2.74. The standard InChI is InChI=1S/C16H16N2O3S/c1-9-10(16(20)21)5-6-13(17-9)15(19)18-12-3-2-4-14-11(12)7-8-22-14/h5-8,12H,2-4H2,1H3,(H,18,19)(H,20,21). The molecule has 22 heavy (non-hydrogen) atoms. The van der Waals surface area contributed by atoms with E-state index < -0.39 is 5.97 Å². The van der Waals surface area contributed by atoms with Crippen molar-refractivity contribution in [2.75, 3.05) is 0 Å². The van der Waals surface area contributed by atoms with Crippen LogP contribution in [0.25, 0.3) is 0 Å². The largest absolute Gasteiger partial charge is 0.478 e. The second kappa shape index (κ2) is 5.88. The van der Waals surface area contributed by atoms with E-state index in [-0.39, 0.29) is 23.2 Å². The maximum absolute atomic E-state index is 12.4. The molecular formula is C16H16N2O3S. The monoisotopic (exact) mass is 316 g/mol. The summed E-state index contributed by atoms with van der Waals surface area (Å²) < 4.78 is 0. The minimum absolute atomic E-state index is 0.0174. The summed E-state index contributed by atoms with van der Waals surface area (Å²) in [7, 11) is 0. The number of aryl methyl sites for hydroxylation is 2. The summed E-state index contributed by atoms with van der Waals surface area (Å²) in [4.78, 5) is 28.8. The van der Waals surface area contributed by atoms with Crippen molar-refractivity contribution in [2.24, 2.45) is 0 Å². The summed E-state index contributed by atoms with van der Waals surface area (Å²) in [6.07, 6.45) is 3.05. The summed E-state index contributed by atoms with van der Waals surface area (Å²) in [6, 6.07) is 4.97. The maximum atomic E-state index is 12.4. The van der Waals surface area contributed by atoms with E-state index in [0.717, 1.165) is 19.3 Å². The van der Waals surface area contributed by atoms with E-state index >= 15 is 0 Å². The number of carbonyl (C=O) groups is 2. The normalized spacial score (nSPS) is 16.9. The van der Waals surface area contributed by atoms with Crippen LogP contribution < -0.4 is 5.32 Å². The minimum Gasteiger partial charge on any atom is -0.478 e. The van der Waals surface area contributed by atoms with Crippen molar-refractivity contribution in [3.05, 3.63) is 51.0 Å². The van der Waals surface area contributed by atoms with Gasteiger partial charge in [-0.15, -0.1) is 11.3 Å². The summed E-state index contributed by atoms with van der Waals surface area (Å²) in [5, 5.41) is 14.1. The van der Waals surface area contributed by atoms with Crippen molar-refractivity contribution in [3.8, 4) is 0 Å². The van der Waals surface area contributed by atoms with Crippen molar-refractivity contribution < 1.29 is 14.7 Å². The lowest BCUT2D eigenvalue weighted by molar-refractivity contribution is 0.0694. The predicted octanol–water partition coefficient (Wildman–Crippen LogP) is 2.96. The Bertz CT molecular complexity index is 739. The Hall–Kier alpha value is -2.21. The molecule has 0 fully saturated rings. The predicted molar refractivity (Wildman–Crippen MR) is 83.4 cm³/mol.